The molecule has 0 radical (unpaired) electrons. The zero-order chi connectivity index (χ0) is 11.7. The third-order valence-electron chi connectivity index (χ3n) is 3.30. The predicted octanol–water partition coefficient (Wildman–Crippen LogP) is 3.63. The van der Waals surface area contributed by atoms with Crippen LogP contribution >= 0.6 is 15.9 Å². The maximum absolute atomic E-state index is 5.79. The van der Waals surface area contributed by atoms with Crippen molar-refractivity contribution in [1.29, 1.82) is 0 Å². The molecule has 1 aliphatic heterocycles. The number of halogens is 1. The van der Waals surface area contributed by atoms with Gasteiger partial charge in [0.05, 0.1) is 11.7 Å². The summed E-state index contributed by atoms with van der Waals surface area (Å²) in [7, 11) is 0. The molecule has 3 rings (SSSR count). The molecule has 1 aromatic heterocycles. The highest BCUT2D eigenvalue weighted by atomic mass is 79.9. The van der Waals surface area contributed by atoms with Crippen molar-refractivity contribution in [3.8, 4) is 0 Å². The second-order valence-corrected chi connectivity index (χ2v) is 4.95. The molecule has 0 bridgehead atoms. The van der Waals surface area contributed by atoms with E-state index in [2.05, 4.69) is 39.2 Å². The summed E-state index contributed by atoms with van der Waals surface area (Å²) < 4.78 is 7.82. The molecule has 90 valence electrons. The lowest BCUT2D eigenvalue weighted by atomic mass is 10.1. The summed E-state index contributed by atoms with van der Waals surface area (Å²) in [5, 5.41) is 6.58. The maximum Gasteiger partial charge on any atom is 0.150 e. The van der Waals surface area contributed by atoms with Gasteiger partial charge in [0.2, 0.25) is 0 Å². The molecule has 2 aromatic rings. The van der Waals surface area contributed by atoms with Crippen molar-refractivity contribution in [2.24, 2.45) is 0 Å². The van der Waals surface area contributed by atoms with Crippen LogP contribution in [0, 0.1) is 0 Å². The number of hydrogen-bond acceptors (Lipinski definition) is 2. The minimum atomic E-state index is 0.117. The Morgan fingerprint density at radius 1 is 1.41 bits per heavy atom. The number of rotatable bonds is 2. The van der Waals surface area contributed by atoms with Crippen LogP contribution in [0.5, 0.6) is 0 Å². The van der Waals surface area contributed by atoms with Crippen LogP contribution in [-0.2, 0) is 10.1 Å². The van der Waals surface area contributed by atoms with E-state index in [0.717, 1.165) is 18.4 Å². The molecule has 3 nitrogen and oxygen atoms in total. The van der Waals surface area contributed by atoms with Gasteiger partial charge in [0.25, 0.3) is 0 Å². The van der Waals surface area contributed by atoms with Crippen molar-refractivity contribution in [3.63, 3.8) is 0 Å². The first-order chi connectivity index (χ1) is 8.40. The van der Waals surface area contributed by atoms with E-state index in [9.17, 15) is 0 Å². The van der Waals surface area contributed by atoms with Crippen LogP contribution < -0.4 is 0 Å². The quantitative estimate of drug-likeness (QED) is 0.791. The fraction of sp³-hybridized carbons (Fsp3) is 0.462. The molecule has 17 heavy (non-hydrogen) atoms. The molecule has 4 heteroatoms. The summed E-state index contributed by atoms with van der Waals surface area (Å²) in [5.41, 5.74) is 2.46. The Balaban J connectivity index is 2.05. The van der Waals surface area contributed by atoms with E-state index < -0.39 is 0 Å². The minimum Gasteiger partial charge on any atom is -0.356 e. The Bertz CT molecular complexity index is 517. The van der Waals surface area contributed by atoms with Crippen LogP contribution in [-0.4, -0.2) is 16.4 Å². The highest BCUT2D eigenvalue weighted by Crippen LogP contribution is 2.28. The van der Waals surface area contributed by atoms with Gasteiger partial charge in [0.1, 0.15) is 0 Å². The van der Waals surface area contributed by atoms with Gasteiger partial charge in [-0.15, -0.1) is 0 Å². The van der Waals surface area contributed by atoms with Crippen LogP contribution in [0.1, 0.15) is 31.1 Å². The monoisotopic (exact) mass is 294 g/mol. The fourth-order valence-corrected chi connectivity index (χ4v) is 2.88. The Morgan fingerprint density at radius 2 is 2.35 bits per heavy atom. The highest BCUT2D eigenvalue weighted by molar-refractivity contribution is 9.08. The summed E-state index contributed by atoms with van der Waals surface area (Å²) in [6.45, 7) is 0.851. The molecule has 0 aliphatic carbocycles. The molecule has 0 saturated carbocycles. The molecule has 1 aliphatic rings. The van der Waals surface area contributed by atoms with Crippen molar-refractivity contribution in [1.82, 2.24) is 9.78 Å². The Morgan fingerprint density at radius 3 is 3.12 bits per heavy atom. The van der Waals surface area contributed by atoms with Gasteiger partial charge in [-0.3, -0.25) is 0 Å². The van der Waals surface area contributed by atoms with Crippen LogP contribution in [0.15, 0.2) is 24.4 Å². The minimum absolute atomic E-state index is 0.117. The van der Waals surface area contributed by atoms with E-state index in [1.165, 1.54) is 29.3 Å². The van der Waals surface area contributed by atoms with Crippen molar-refractivity contribution in [2.45, 2.75) is 30.8 Å². The van der Waals surface area contributed by atoms with E-state index in [-0.39, 0.29) is 6.23 Å². The molecule has 1 fully saturated rings. The lowest BCUT2D eigenvalue weighted by Crippen LogP contribution is -2.18. The SMILES string of the molecule is BrCc1cccc2c1cnn2[C@@H]1CCCCO1. The second kappa shape index (κ2) is 4.78. The summed E-state index contributed by atoms with van der Waals surface area (Å²) in [6, 6.07) is 6.33. The summed E-state index contributed by atoms with van der Waals surface area (Å²) in [6.07, 6.45) is 5.53. The standard InChI is InChI=1S/C13H15BrN2O/c14-8-10-4-3-5-12-11(10)9-15-16(12)13-6-1-2-7-17-13/h3-5,9,13H,1-2,6-8H2/t13-/m0/s1. The van der Waals surface area contributed by atoms with Crippen LogP contribution in [0.25, 0.3) is 10.9 Å². The van der Waals surface area contributed by atoms with Crippen LogP contribution in [0.4, 0.5) is 0 Å². The van der Waals surface area contributed by atoms with Gasteiger partial charge in [-0.1, -0.05) is 28.1 Å². The van der Waals surface area contributed by atoms with Gasteiger partial charge in [0.15, 0.2) is 6.23 Å². The summed E-state index contributed by atoms with van der Waals surface area (Å²) >= 11 is 3.52. The normalized spacial score (nSPS) is 20.9. The topological polar surface area (TPSA) is 27.1 Å². The van der Waals surface area contributed by atoms with E-state index in [1.54, 1.807) is 0 Å². The van der Waals surface area contributed by atoms with E-state index in [4.69, 9.17) is 4.74 Å². The number of fused-ring (bicyclic) bond motifs is 1. The lowest BCUT2D eigenvalue weighted by Gasteiger charge is -2.23. The van der Waals surface area contributed by atoms with Crippen LogP contribution in [0.2, 0.25) is 0 Å². The first-order valence-corrected chi connectivity index (χ1v) is 7.15. The first kappa shape index (κ1) is 11.2. The van der Waals surface area contributed by atoms with Crippen LogP contribution in [0.3, 0.4) is 0 Å². The lowest BCUT2D eigenvalue weighted by molar-refractivity contribution is -0.0366. The molecule has 0 amide bonds. The highest BCUT2D eigenvalue weighted by Gasteiger charge is 2.18. The molecule has 1 aromatic carbocycles. The first-order valence-electron chi connectivity index (χ1n) is 6.03. The van der Waals surface area contributed by atoms with E-state index in [0.29, 0.717) is 0 Å². The average molecular weight is 295 g/mol. The molecule has 1 atom stereocenters. The Kier molecular flexibility index (Phi) is 3.16. The van der Waals surface area contributed by atoms with Crippen molar-refractivity contribution in [2.75, 3.05) is 6.61 Å². The average Bonchev–Trinajstić information content (AvgIpc) is 2.83. The zero-order valence-electron chi connectivity index (χ0n) is 9.60. The number of hydrogen-bond donors (Lipinski definition) is 0. The number of nitrogens with zero attached hydrogens (tertiary/aromatic N) is 2. The van der Waals surface area contributed by atoms with Crippen molar-refractivity contribution < 1.29 is 4.74 Å². The number of aromatic nitrogens is 2. The third-order valence-corrected chi connectivity index (χ3v) is 3.91. The molecule has 2 heterocycles. The van der Waals surface area contributed by atoms with E-state index >= 15 is 0 Å². The molecule has 0 unspecified atom stereocenters. The molecule has 0 spiro atoms. The maximum atomic E-state index is 5.79. The molecule has 1 saturated heterocycles. The van der Waals surface area contributed by atoms with Gasteiger partial charge in [-0.05, 0) is 30.9 Å². The van der Waals surface area contributed by atoms with Gasteiger partial charge in [0, 0.05) is 17.3 Å². The number of benzene rings is 1. The van der Waals surface area contributed by atoms with Gasteiger partial charge >= 0.3 is 0 Å². The van der Waals surface area contributed by atoms with Gasteiger partial charge in [-0.2, -0.15) is 5.10 Å². The smallest absolute Gasteiger partial charge is 0.150 e. The summed E-state index contributed by atoms with van der Waals surface area (Å²) in [5.74, 6) is 0. The van der Waals surface area contributed by atoms with E-state index in [1.807, 2.05) is 10.9 Å². The summed E-state index contributed by atoms with van der Waals surface area (Å²) in [4.78, 5) is 0. The Labute approximate surface area is 109 Å². The predicted molar refractivity (Wildman–Crippen MR) is 71.2 cm³/mol. The molecular weight excluding hydrogens is 280 g/mol. The number of ether oxygens (including phenoxy) is 1. The largest absolute Gasteiger partial charge is 0.356 e. The van der Waals surface area contributed by atoms with Crippen molar-refractivity contribution in [3.05, 3.63) is 30.0 Å². The number of alkyl halides is 1. The third kappa shape index (κ3) is 2.00. The van der Waals surface area contributed by atoms with Gasteiger partial charge in [-0.25, -0.2) is 4.68 Å². The van der Waals surface area contributed by atoms with Crippen molar-refractivity contribution >= 4 is 26.8 Å². The molecular formula is C13H15BrN2O. The Hall–Kier alpha value is -0.870. The fourth-order valence-electron chi connectivity index (χ4n) is 2.39. The molecule has 0 N–H and O–H groups in total. The van der Waals surface area contributed by atoms with Gasteiger partial charge < -0.3 is 4.74 Å². The second-order valence-electron chi connectivity index (χ2n) is 4.39. The zero-order valence-corrected chi connectivity index (χ0v) is 11.2.